The Morgan fingerprint density at radius 2 is 2.15 bits per heavy atom. The first kappa shape index (κ1) is 16.5. The van der Waals surface area contributed by atoms with Crippen LogP contribution in [-0.4, -0.2) is 43.1 Å². The average molecular weight is 363 g/mol. The first-order chi connectivity index (χ1) is 13.3. The number of likely N-dealkylation sites (tertiary alicyclic amines) is 1. The van der Waals surface area contributed by atoms with E-state index in [0.717, 1.165) is 67.0 Å². The Morgan fingerprint density at radius 3 is 3.04 bits per heavy atom. The molecule has 1 saturated heterocycles. The highest BCUT2D eigenvalue weighted by atomic mass is 16.2. The fourth-order valence-corrected chi connectivity index (χ4v) is 4.33. The van der Waals surface area contributed by atoms with Crippen molar-refractivity contribution in [1.29, 1.82) is 0 Å². The highest BCUT2D eigenvalue weighted by molar-refractivity contribution is 6.06. The number of rotatable bonds is 6. The molecule has 6 heteroatoms. The van der Waals surface area contributed by atoms with Gasteiger partial charge < -0.3 is 14.5 Å². The molecular formula is C21H25N5O. The number of carbonyl (C=O) groups excluding carboxylic acids is 1. The van der Waals surface area contributed by atoms with Crippen LogP contribution in [0.2, 0.25) is 0 Å². The summed E-state index contributed by atoms with van der Waals surface area (Å²) in [6.07, 6.45) is 10.4. The number of hydrogen-bond donors (Lipinski definition) is 1. The summed E-state index contributed by atoms with van der Waals surface area (Å²) in [5, 5.41) is 9.44. The van der Waals surface area contributed by atoms with Crippen LogP contribution in [0.15, 0.2) is 36.8 Å². The number of H-pyrrole nitrogens is 1. The number of benzene rings is 1. The Kier molecular flexibility index (Phi) is 4.19. The minimum absolute atomic E-state index is 0.155. The SMILES string of the molecule is O=C(c1cccc2[nH]ccc12)N1CCCC1CCc1nncn1CC1CC1. The highest BCUT2D eigenvalue weighted by Crippen LogP contribution is 2.31. The number of nitrogens with one attached hydrogen (secondary N) is 1. The van der Waals surface area contributed by atoms with E-state index in [4.69, 9.17) is 0 Å². The smallest absolute Gasteiger partial charge is 0.254 e. The third kappa shape index (κ3) is 3.24. The highest BCUT2D eigenvalue weighted by Gasteiger charge is 2.30. The minimum atomic E-state index is 0.155. The van der Waals surface area contributed by atoms with Gasteiger partial charge in [0.05, 0.1) is 0 Å². The molecule has 3 aromatic rings. The molecule has 2 fully saturated rings. The molecule has 5 rings (SSSR count). The van der Waals surface area contributed by atoms with Gasteiger partial charge in [-0.2, -0.15) is 0 Å². The Hall–Kier alpha value is -2.63. The molecule has 6 nitrogen and oxygen atoms in total. The summed E-state index contributed by atoms with van der Waals surface area (Å²) in [5.41, 5.74) is 1.82. The molecule has 1 unspecified atom stereocenters. The van der Waals surface area contributed by atoms with Crippen LogP contribution in [-0.2, 0) is 13.0 Å². The molecule has 2 aliphatic rings. The van der Waals surface area contributed by atoms with Gasteiger partial charge in [0.2, 0.25) is 0 Å². The Morgan fingerprint density at radius 1 is 1.22 bits per heavy atom. The van der Waals surface area contributed by atoms with Crippen LogP contribution >= 0.6 is 0 Å². The second-order valence-corrected chi connectivity index (χ2v) is 7.92. The third-order valence-electron chi connectivity index (χ3n) is 6.01. The molecule has 1 aromatic carbocycles. The molecule has 1 aliphatic carbocycles. The Bertz CT molecular complexity index is 954. The van der Waals surface area contributed by atoms with Gasteiger partial charge in [0.25, 0.3) is 5.91 Å². The largest absolute Gasteiger partial charge is 0.361 e. The van der Waals surface area contributed by atoms with Gasteiger partial charge in [0.15, 0.2) is 0 Å². The fraction of sp³-hybridized carbons (Fsp3) is 0.476. The van der Waals surface area contributed by atoms with E-state index >= 15 is 0 Å². The predicted molar refractivity (Wildman–Crippen MR) is 103 cm³/mol. The number of amides is 1. The number of carbonyl (C=O) groups is 1. The molecular weight excluding hydrogens is 338 g/mol. The van der Waals surface area contributed by atoms with E-state index in [9.17, 15) is 4.79 Å². The maximum absolute atomic E-state index is 13.2. The van der Waals surface area contributed by atoms with Gasteiger partial charge >= 0.3 is 0 Å². The van der Waals surface area contributed by atoms with Crippen molar-refractivity contribution in [3.8, 4) is 0 Å². The van der Waals surface area contributed by atoms with Crippen LogP contribution in [0.5, 0.6) is 0 Å². The lowest BCUT2D eigenvalue weighted by atomic mass is 10.1. The summed E-state index contributed by atoms with van der Waals surface area (Å²) in [4.78, 5) is 18.5. The van der Waals surface area contributed by atoms with E-state index in [2.05, 4.69) is 24.6 Å². The fourth-order valence-electron chi connectivity index (χ4n) is 4.33. The van der Waals surface area contributed by atoms with Crippen molar-refractivity contribution in [1.82, 2.24) is 24.6 Å². The first-order valence-corrected chi connectivity index (χ1v) is 10.0. The van der Waals surface area contributed by atoms with Crippen LogP contribution in [0, 0.1) is 5.92 Å². The summed E-state index contributed by atoms with van der Waals surface area (Å²) in [5.74, 6) is 2.03. The van der Waals surface area contributed by atoms with Gasteiger partial charge in [-0.25, -0.2) is 0 Å². The second kappa shape index (κ2) is 6.83. The number of aromatic amines is 1. The third-order valence-corrected chi connectivity index (χ3v) is 6.01. The van der Waals surface area contributed by atoms with Crippen molar-refractivity contribution in [3.63, 3.8) is 0 Å². The zero-order valence-electron chi connectivity index (χ0n) is 15.5. The van der Waals surface area contributed by atoms with Crippen LogP contribution in [0.25, 0.3) is 10.9 Å². The average Bonchev–Trinajstić information content (AvgIpc) is 3.07. The summed E-state index contributed by atoms with van der Waals surface area (Å²) in [7, 11) is 0. The first-order valence-electron chi connectivity index (χ1n) is 10.0. The molecule has 27 heavy (non-hydrogen) atoms. The zero-order valence-corrected chi connectivity index (χ0v) is 15.5. The number of nitrogens with zero attached hydrogens (tertiary/aromatic N) is 4. The van der Waals surface area contributed by atoms with Gasteiger partial charge in [-0.05, 0) is 56.2 Å². The number of hydrogen-bond acceptors (Lipinski definition) is 3. The standard InChI is InChI=1S/C21H25N5O/c27-21(18-4-1-5-19-17(18)10-11-22-19)26-12-2-3-16(26)8-9-20-24-23-14-25(20)13-15-6-7-15/h1,4-5,10-11,14-16,22H,2-3,6-9,12-13H2. The number of aromatic nitrogens is 4. The summed E-state index contributed by atoms with van der Waals surface area (Å²) in [6.45, 7) is 1.89. The van der Waals surface area contributed by atoms with Crippen molar-refractivity contribution in [2.75, 3.05) is 6.54 Å². The Balaban J connectivity index is 1.29. The molecule has 0 radical (unpaired) electrons. The molecule has 1 aliphatic heterocycles. The van der Waals surface area contributed by atoms with Crippen molar-refractivity contribution >= 4 is 16.8 Å². The lowest BCUT2D eigenvalue weighted by Gasteiger charge is -2.25. The lowest BCUT2D eigenvalue weighted by Crippen LogP contribution is -2.36. The molecule has 3 heterocycles. The van der Waals surface area contributed by atoms with Crippen molar-refractivity contribution in [2.24, 2.45) is 5.92 Å². The van der Waals surface area contributed by atoms with Crippen molar-refractivity contribution in [3.05, 3.63) is 48.2 Å². The molecule has 1 N–H and O–H groups in total. The molecule has 1 saturated carbocycles. The molecule has 1 atom stereocenters. The topological polar surface area (TPSA) is 66.8 Å². The Labute approximate surface area is 158 Å². The van der Waals surface area contributed by atoms with Crippen LogP contribution in [0.1, 0.15) is 48.3 Å². The van der Waals surface area contributed by atoms with Crippen molar-refractivity contribution < 1.29 is 4.79 Å². The van der Waals surface area contributed by atoms with E-state index in [1.165, 1.54) is 12.8 Å². The zero-order chi connectivity index (χ0) is 18.2. The normalized spacial score (nSPS) is 19.9. The van der Waals surface area contributed by atoms with Gasteiger partial charge in [-0.1, -0.05) is 6.07 Å². The molecule has 1 amide bonds. The second-order valence-electron chi connectivity index (χ2n) is 7.92. The van der Waals surface area contributed by atoms with E-state index < -0.39 is 0 Å². The van der Waals surface area contributed by atoms with E-state index in [0.29, 0.717) is 0 Å². The lowest BCUT2D eigenvalue weighted by molar-refractivity contribution is 0.0732. The molecule has 0 spiro atoms. The van der Waals surface area contributed by atoms with Gasteiger partial charge in [-0.15, -0.1) is 10.2 Å². The molecule has 140 valence electrons. The van der Waals surface area contributed by atoms with E-state index in [-0.39, 0.29) is 11.9 Å². The van der Waals surface area contributed by atoms with E-state index in [1.54, 1.807) is 0 Å². The monoisotopic (exact) mass is 363 g/mol. The molecule has 2 aromatic heterocycles. The quantitative estimate of drug-likeness (QED) is 0.730. The van der Waals surface area contributed by atoms with Gasteiger partial charge in [0, 0.05) is 48.2 Å². The summed E-state index contributed by atoms with van der Waals surface area (Å²) >= 11 is 0. The summed E-state index contributed by atoms with van der Waals surface area (Å²) in [6, 6.07) is 8.20. The predicted octanol–water partition coefficient (Wildman–Crippen LogP) is 3.41. The number of fused-ring (bicyclic) bond motifs is 1. The van der Waals surface area contributed by atoms with Gasteiger partial charge in [-0.3, -0.25) is 4.79 Å². The van der Waals surface area contributed by atoms with Crippen LogP contribution in [0.3, 0.4) is 0 Å². The maximum Gasteiger partial charge on any atom is 0.254 e. The minimum Gasteiger partial charge on any atom is -0.361 e. The molecule has 0 bridgehead atoms. The van der Waals surface area contributed by atoms with Gasteiger partial charge in [0.1, 0.15) is 12.2 Å². The number of aryl methyl sites for hydroxylation is 1. The summed E-state index contributed by atoms with van der Waals surface area (Å²) < 4.78 is 2.21. The van der Waals surface area contributed by atoms with E-state index in [1.807, 2.05) is 36.8 Å². The maximum atomic E-state index is 13.2. The van der Waals surface area contributed by atoms with Crippen LogP contribution in [0.4, 0.5) is 0 Å². The van der Waals surface area contributed by atoms with Crippen molar-refractivity contribution in [2.45, 2.75) is 51.1 Å². The van der Waals surface area contributed by atoms with Crippen LogP contribution < -0.4 is 0 Å².